The molecule has 3 heterocycles. The lowest BCUT2D eigenvalue weighted by Crippen LogP contribution is -2.37. The van der Waals surface area contributed by atoms with Gasteiger partial charge in [0.1, 0.15) is 11.6 Å². The molecule has 0 spiro atoms. The SMILES string of the molecule is CC(=O)N1CCCCC1c1nc(Nc2cccc(F)c2)cc(-c2ccncc2)n1. The van der Waals surface area contributed by atoms with Gasteiger partial charge in [0.2, 0.25) is 5.91 Å². The van der Waals surface area contributed by atoms with E-state index >= 15 is 0 Å². The highest BCUT2D eigenvalue weighted by Crippen LogP contribution is 2.32. The Morgan fingerprint density at radius 2 is 1.97 bits per heavy atom. The molecule has 1 aromatic carbocycles. The van der Waals surface area contributed by atoms with Gasteiger partial charge in [-0.05, 0) is 49.6 Å². The van der Waals surface area contributed by atoms with Crippen molar-refractivity contribution in [1.29, 1.82) is 0 Å². The number of carbonyl (C=O) groups is 1. The lowest BCUT2D eigenvalue weighted by atomic mass is 10.0. The number of halogens is 1. The van der Waals surface area contributed by atoms with Crippen LogP contribution in [0.3, 0.4) is 0 Å². The minimum Gasteiger partial charge on any atom is -0.340 e. The van der Waals surface area contributed by atoms with Gasteiger partial charge in [-0.1, -0.05) is 6.07 Å². The Morgan fingerprint density at radius 1 is 1.14 bits per heavy atom. The molecule has 1 atom stereocenters. The first-order valence-electron chi connectivity index (χ1n) is 9.69. The van der Waals surface area contributed by atoms with Crippen molar-refractivity contribution in [2.75, 3.05) is 11.9 Å². The van der Waals surface area contributed by atoms with Crippen molar-refractivity contribution in [2.24, 2.45) is 0 Å². The molecule has 4 rings (SSSR count). The first-order chi connectivity index (χ1) is 14.1. The Hall–Kier alpha value is -3.35. The molecule has 1 unspecified atom stereocenters. The second-order valence-electron chi connectivity index (χ2n) is 7.09. The second-order valence-corrected chi connectivity index (χ2v) is 7.09. The highest BCUT2D eigenvalue weighted by Gasteiger charge is 2.28. The van der Waals surface area contributed by atoms with Crippen LogP contribution in [0.5, 0.6) is 0 Å². The lowest BCUT2D eigenvalue weighted by Gasteiger charge is -2.34. The third kappa shape index (κ3) is 4.39. The number of rotatable bonds is 4. The van der Waals surface area contributed by atoms with E-state index in [2.05, 4.69) is 15.3 Å². The number of anilines is 2. The Labute approximate surface area is 168 Å². The summed E-state index contributed by atoms with van der Waals surface area (Å²) in [5.74, 6) is 0.843. The maximum Gasteiger partial charge on any atom is 0.220 e. The lowest BCUT2D eigenvalue weighted by molar-refractivity contribution is -0.132. The maximum absolute atomic E-state index is 13.6. The highest BCUT2D eigenvalue weighted by molar-refractivity contribution is 5.74. The molecule has 1 N–H and O–H groups in total. The van der Waals surface area contributed by atoms with Gasteiger partial charge in [0.25, 0.3) is 0 Å². The van der Waals surface area contributed by atoms with E-state index in [1.807, 2.05) is 23.1 Å². The monoisotopic (exact) mass is 391 g/mol. The van der Waals surface area contributed by atoms with Crippen molar-refractivity contribution in [2.45, 2.75) is 32.2 Å². The molecule has 148 valence electrons. The number of benzene rings is 1. The fourth-order valence-electron chi connectivity index (χ4n) is 3.64. The van der Waals surface area contributed by atoms with Gasteiger partial charge in [-0.3, -0.25) is 9.78 Å². The Bertz CT molecular complexity index is 1010. The van der Waals surface area contributed by atoms with Gasteiger partial charge in [-0.15, -0.1) is 0 Å². The summed E-state index contributed by atoms with van der Waals surface area (Å²) < 4.78 is 13.6. The second kappa shape index (κ2) is 8.34. The van der Waals surface area contributed by atoms with Crippen LogP contribution in [0, 0.1) is 5.82 Å². The average Bonchev–Trinajstić information content (AvgIpc) is 2.74. The van der Waals surface area contributed by atoms with Crippen LogP contribution in [0.2, 0.25) is 0 Å². The number of hydrogen-bond donors (Lipinski definition) is 1. The number of carbonyl (C=O) groups excluding carboxylic acids is 1. The zero-order valence-electron chi connectivity index (χ0n) is 16.2. The van der Waals surface area contributed by atoms with E-state index in [-0.39, 0.29) is 17.8 Å². The first kappa shape index (κ1) is 19.0. The van der Waals surface area contributed by atoms with Crippen LogP contribution in [-0.2, 0) is 4.79 Å². The molecule has 0 bridgehead atoms. The summed E-state index contributed by atoms with van der Waals surface area (Å²) in [7, 11) is 0. The highest BCUT2D eigenvalue weighted by atomic mass is 19.1. The Balaban J connectivity index is 1.76. The molecule has 1 aliphatic rings. The van der Waals surface area contributed by atoms with Crippen molar-refractivity contribution >= 4 is 17.4 Å². The topological polar surface area (TPSA) is 71.0 Å². The van der Waals surface area contributed by atoms with E-state index in [1.165, 1.54) is 12.1 Å². The fraction of sp³-hybridized carbons (Fsp3) is 0.273. The normalized spacial score (nSPS) is 16.5. The number of hydrogen-bond acceptors (Lipinski definition) is 5. The molecule has 1 fully saturated rings. The third-order valence-corrected chi connectivity index (χ3v) is 5.02. The van der Waals surface area contributed by atoms with Crippen molar-refractivity contribution in [1.82, 2.24) is 19.9 Å². The van der Waals surface area contributed by atoms with Gasteiger partial charge in [-0.25, -0.2) is 14.4 Å². The standard InChI is InChI=1S/C22H22FN5O/c1-15(29)28-12-3-2-7-20(28)22-26-19(16-8-10-24-11-9-16)14-21(27-22)25-18-6-4-5-17(23)13-18/h4-6,8-11,13-14,20H,2-3,7,12H2,1H3,(H,25,26,27). The summed E-state index contributed by atoms with van der Waals surface area (Å²) in [6.45, 7) is 2.28. The largest absolute Gasteiger partial charge is 0.340 e. The van der Waals surface area contributed by atoms with Crippen LogP contribution in [0.15, 0.2) is 54.9 Å². The van der Waals surface area contributed by atoms with Crippen LogP contribution in [-0.4, -0.2) is 32.3 Å². The Morgan fingerprint density at radius 3 is 2.72 bits per heavy atom. The van der Waals surface area contributed by atoms with E-state index < -0.39 is 0 Å². The van der Waals surface area contributed by atoms with E-state index in [1.54, 1.807) is 31.5 Å². The van der Waals surface area contributed by atoms with Crippen molar-refractivity contribution in [3.63, 3.8) is 0 Å². The molecule has 1 aliphatic heterocycles. The summed E-state index contributed by atoms with van der Waals surface area (Å²) in [4.78, 5) is 27.5. The number of nitrogens with zero attached hydrogens (tertiary/aromatic N) is 4. The smallest absolute Gasteiger partial charge is 0.220 e. The molecule has 1 saturated heterocycles. The Kier molecular flexibility index (Phi) is 5.46. The van der Waals surface area contributed by atoms with Crippen LogP contribution < -0.4 is 5.32 Å². The van der Waals surface area contributed by atoms with E-state index in [4.69, 9.17) is 4.98 Å². The summed E-state index contributed by atoms with van der Waals surface area (Å²) in [5.41, 5.74) is 2.23. The minimum atomic E-state index is -0.325. The van der Waals surface area contributed by atoms with E-state index in [0.717, 1.165) is 30.5 Å². The molecule has 29 heavy (non-hydrogen) atoms. The van der Waals surface area contributed by atoms with E-state index in [9.17, 15) is 9.18 Å². The van der Waals surface area contributed by atoms with Gasteiger partial charge in [0.05, 0.1) is 11.7 Å². The zero-order valence-corrected chi connectivity index (χ0v) is 16.2. The van der Waals surface area contributed by atoms with Gasteiger partial charge in [-0.2, -0.15) is 0 Å². The van der Waals surface area contributed by atoms with E-state index in [0.29, 0.717) is 23.9 Å². The quantitative estimate of drug-likeness (QED) is 0.709. The third-order valence-electron chi connectivity index (χ3n) is 5.02. The number of likely N-dealkylation sites (tertiary alicyclic amines) is 1. The van der Waals surface area contributed by atoms with Gasteiger partial charge in [0.15, 0.2) is 5.82 Å². The molecule has 2 aromatic heterocycles. The molecule has 0 aliphatic carbocycles. The average molecular weight is 391 g/mol. The summed E-state index contributed by atoms with van der Waals surface area (Å²) in [6.07, 6.45) is 6.23. The molecular formula is C22H22FN5O. The van der Waals surface area contributed by atoms with Crippen LogP contribution in [0.1, 0.15) is 38.1 Å². The number of pyridine rings is 1. The fourth-order valence-corrected chi connectivity index (χ4v) is 3.64. The molecule has 0 saturated carbocycles. The number of nitrogens with one attached hydrogen (secondary N) is 1. The van der Waals surface area contributed by atoms with Gasteiger partial charge in [0, 0.05) is 43.2 Å². The number of amides is 1. The van der Waals surface area contributed by atoms with Crippen molar-refractivity contribution in [3.05, 3.63) is 66.5 Å². The molecule has 3 aromatic rings. The molecule has 6 nitrogen and oxygen atoms in total. The van der Waals surface area contributed by atoms with Crippen LogP contribution >= 0.6 is 0 Å². The predicted octanol–water partition coefficient (Wildman–Crippen LogP) is 4.49. The minimum absolute atomic E-state index is 0.0206. The number of aromatic nitrogens is 3. The molecule has 7 heteroatoms. The zero-order chi connectivity index (χ0) is 20.2. The maximum atomic E-state index is 13.6. The summed E-state index contributed by atoms with van der Waals surface area (Å²) >= 11 is 0. The van der Waals surface area contributed by atoms with Crippen molar-refractivity contribution in [3.8, 4) is 11.3 Å². The van der Waals surface area contributed by atoms with Gasteiger partial charge >= 0.3 is 0 Å². The summed E-state index contributed by atoms with van der Waals surface area (Å²) in [6, 6.07) is 11.6. The molecule has 1 amide bonds. The molecular weight excluding hydrogens is 369 g/mol. The van der Waals surface area contributed by atoms with Crippen molar-refractivity contribution < 1.29 is 9.18 Å². The summed E-state index contributed by atoms with van der Waals surface area (Å²) in [5, 5.41) is 3.17. The van der Waals surface area contributed by atoms with Crippen LogP contribution in [0.4, 0.5) is 15.9 Å². The van der Waals surface area contributed by atoms with Gasteiger partial charge < -0.3 is 10.2 Å². The first-order valence-corrected chi connectivity index (χ1v) is 9.69. The predicted molar refractivity (Wildman–Crippen MR) is 109 cm³/mol. The molecule has 0 radical (unpaired) electrons. The number of piperidine rings is 1. The van der Waals surface area contributed by atoms with Crippen LogP contribution in [0.25, 0.3) is 11.3 Å².